The van der Waals surface area contributed by atoms with Gasteiger partial charge in [-0.1, -0.05) is 17.7 Å². The summed E-state index contributed by atoms with van der Waals surface area (Å²) < 4.78 is 0. The molecule has 5 heteroatoms. The number of anilines is 2. The third-order valence-corrected chi connectivity index (χ3v) is 2.87. The maximum absolute atomic E-state index is 11.5. The van der Waals surface area contributed by atoms with E-state index in [1.54, 1.807) is 6.20 Å². The minimum atomic E-state index is -0.0967. The number of carbonyl (C=O) groups is 1. The third-order valence-electron chi connectivity index (χ3n) is 2.18. The SMILES string of the molecule is Cc1ccc(NCC(=O)Nc2nccs2)cc1. The molecule has 1 aromatic carbocycles. The summed E-state index contributed by atoms with van der Waals surface area (Å²) in [6.45, 7) is 2.27. The van der Waals surface area contributed by atoms with Gasteiger partial charge in [-0.05, 0) is 19.1 Å². The van der Waals surface area contributed by atoms with Crippen LogP contribution in [0, 0.1) is 6.92 Å². The molecule has 0 saturated carbocycles. The molecule has 0 radical (unpaired) electrons. The number of aromatic nitrogens is 1. The Morgan fingerprint density at radius 2 is 2.12 bits per heavy atom. The smallest absolute Gasteiger partial charge is 0.245 e. The zero-order chi connectivity index (χ0) is 12.1. The Bertz CT molecular complexity index is 479. The molecule has 1 heterocycles. The number of aryl methyl sites for hydroxylation is 1. The monoisotopic (exact) mass is 247 g/mol. The minimum absolute atomic E-state index is 0.0967. The summed E-state index contributed by atoms with van der Waals surface area (Å²) in [6.07, 6.45) is 1.66. The predicted molar refractivity (Wildman–Crippen MR) is 70.4 cm³/mol. The second-order valence-corrected chi connectivity index (χ2v) is 4.50. The Morgan fingerprint density at radius 1 is 1.35 bits per heavy atom. The average molecular weight is 247 g/mol. The molecule has 0 spiro atoms. The first-order valence-electron chi connectivity index (χ1n) is 5.24. The molecule has 0 bridgehead atoms. The van der Waals surface area contributed by atoms with E-state index in [1.807, 2.05) is 36.6 Å². The quantitative estimate of drug-likeness (QED) is 0.872. The Morgan fingerprint density at radius 3 is 2.76 bits per heavy atom. The van der Waals surface area contributed by atoms with E-state index < -0.39 is 0 Å². The van der Waals surface area contributed by atoms with E-state index >= 15 is 0 Å². The van der Waals surface area contributed by atoms with Crippen LogP contribution in [0.2, 0.25) is 0 Å². The van der Waals surface area contributed by atoms with Crippen molar-refractivity contribution in [2.24, 2.45) is 0 Å². The molecule has 0 fully saturated rings. The van der Waals surface area contributed by atoms with Gasteiger partial charge in [-0.3, -0.25) is 4.79 Å². The molecule has 0 aliphatic heterocycles. The highest BCUT2D eigenvalue weighted by atomic mass is 32.1. The zero-order valence-electron chi connectivity index (χ0n) is 9.43. The normalized spacial score (nSPS) is 9.94. The van der Waals surface area contributed by atoms with Gasteiger partial charge in [-0.25, -0.2) is 4.98 Å². The molecule has 1 amide bonds. The van der Waals surface area contributed by atoms with Crippen LogP contribution in [-0.2, 0) is 4.79 Å². The molecule has 2 aromatic rings. The number of hydrogen-bond donors (Lipinski definition) is 2. The number of hydrogen-bond acceptors (Lipinski definition) is 4. The number of thiazole rings is 1. The minimum Gasteiger partial charge on any atom is -0.376 e. The zero-order valence-corrected chi connectivity index (χ0v) is 10.3. The van der Waals surface area contributed by atoms with Crippen LogP contribution in [0.1, 0.15) is 5.56 Å². The van der Waals surface area contributed by atoms with Crippen LogP contribution in [0.4, 0.5) is 10.8 Å². The molecule has 0 unspecified atom stereocenters. The van der Waals surface area contributed by atoms with Crippen molar-refractivity contribution in [2.45, 2.75) is 6.92 Å². The molecule has 2 rings (SSSR count). The summed E-state index contributed by atoms with van der Waals surface area (Å²) in [4.78, 5) is 15.5. The maximum atomic E-state index is 11.5. The van der Waals surface area contributed by atoms with Gasteiger partial charge in [0.1, 0.15) is 0 Å². The number of rotatable bonds is 4. The second-order valence-electron chi connectivity index (χ2n) is 3.61. The molecule has 2 N–H and O–H groups in total. The van der Waals surface area contributed by atoms with Crippen molar-refractivity contribution < 1.29 is 4.79 Å². The molecule has 0 aliphatic carbocycles. The van der Waals surface area contributed by atoms with Crippen LogP contribution in [-0.4, -0.2) is 17.4 Å². The van der Waals surface area contributed by atoms with E-state index in [2.05, 4.69) is 15.6 Å². The highest BCUT2D eigenvalue weighted by Crippen LogP contribution is 2.11. The van der Waals surface area contributed by atoms with E-state index in [1.165, 1.54) is 16.9 Å². The van der Waals surface area contributed by atoms with Gasteiger partial charge in [0.05, 0.1) is 6.54 Å². The standard InChI is InChI=1S/C12H13N3OS/c1-9-2-4-10(5-3-9)14-8-11(16)15-12-13-6-7-17-12/h2-7,14H,8H2,1H3,(H,13,15,16). The summed E-state index contributed by atoms with van der Waals surface area (Å²) >= 11 is 1.40. The first kappa shape index (κ1) is 11.6. The lowest BCUT2D eigenvalue weighted by molar-refractivity contribution is -0.114. The molecular weight excluding hydrogens is 234 g/mol. The van der Waals surface area contributed by atoms with E-state index in [-0.39, 0.29) is 12.5 Å². The van der Waals surface area contributed by atoms with Gasteiger partial charge >= 0.3 is 0 Å². The lowest BCUT2D eigenvalue weighted by atomic mass is 10.2. The summed E-state index contributed by atoms with van der Waals surface area (Å²) in [5.41, 5.74) is 2.13. The van der Waals surface area contributed by atoms with Crippen molar-refractivity contribution >= 4 is 28.1 Å². The molecule has 0 atom stereocenters. The summed E-state index contributed by atoms with van der Waals surface area (Å²) in [6, 6.07) is 7.90. The molecule has 0 aliphatic rings. The molecule has 1 aromatic heterocycles. The fourth-order valence-electron chi connectivity index (χ4n) is 1.30. The van der Waals surface area contributed by atoms with Crippen LogP contribution in [0.25, 0.3) is 0 Å². The fourth-order valence-corrected chi connectivity index (χ4v) is 1.85. The van der Waals surface area contributed by atoms with Gasteiger partial charge in [0.25, 0.3) is 0 Å². The number of nitrogens with zero attached hydrogens (tertiary/aromatic N) is 1. The number of benzene rings is 1. The Balaban J connectivity index is 1.82. The Labute approximate surface area is 104 Å². The predicted octanol–water partition coefficient (Wildman–Crippen LogP) is 2.50. The van der Waals surface area contributed by atoms with Crippen molar-refractivity contribution in [1.82, 2.24) is 4.98 Å². The van der Waals surface area contributed by atoms with Crippen molar-refractivity contribution in [3.05, 3.63) is 41.4 Å². The van der Waals surface area contributed by atoms with Gasteiger partial charge < -0.3 is 10.6 Å². The van der Waals surface area contributed by atoms with Crippen LogP contribution in [0.3, 0.4) is 0 Å². The highest BCUT2D eigenvalue weighted by molar-refractivity contribution is 7.13. The number of nitrogens with one attached hydrogen (secondary N) is 2. The van der Waals surface area contributed by atoms with Crippen LogP contribution < -0.4 is 10.6 Å². The number of carbonyl (C=O) groups excluding carboxylic acids is 1. The first-order valence-corrected chi connectivity index (χ1v) is 6.12. The second kappa shape index (κ2) is 5.45. The number of amides is 1. The summed E-state index contributed by atoms with van der Waals surface area (Å²) in [5, 5.41) is 8.21. The largest absolute Gasteiger partial charge is 0.376 e. The lowest BCUT2D eigenvalue weighted by Crippen LogP contribution is -2.21. The summed E-state index contributed by atoms with van der Waals surface area (Å²) in [5.74, 6) is -0.0967. The van der Waals surface area contributed by atoms with Crippen molar-refractivity contribution in [1.29, 1.82) is 0 Å². The van der Waals surface area contributed by atoms with E-state index in [0.717, 1.165) is 5.69 Å². The van der Waals surface area contributed by atoms with Crippen molar-refractivity contribution in [3.8, 4) is 0 Å². The lowest BCUT2D eigenvalue weighted by Gasteiger charge is -2.06. The summed E-state index contributed by atoms with van der Waals surface area (Å²) in [7, 11) is 0. The van der Waals surface area contributed by atoms with E-state index in [9.17, 15) is 4.79 Å². The molecule has 0 saturated heterocycles. The van der Waals surface area contributed by atoms with Gasteiger partial charge in [0, 0.05) is 17.3 Å². The first-order chi connectivity index (χ1) is 8.24. The van der Waals surface area contributed by atoms with Gasteiger partial charge in [0.15, 0.2) is 5.13 Å². The van der Waals surface area contributed by atoms with E-state index in [0.29, 0.717) is 5.13 Å². The molecular formula is C12H13N3OS. The van der Waals surface area contributed by atoms with Crippen LogP contribution >= 0.6 is 11.3 Å². The van der Waals surface area contributed by atoms with Gasteiger partial charge in [-0.2, -0.15) is 0 Å². The topological polar surface area (TPSA) is 54.0 Å². The Kier molecular flexibility index (Phi) is 3.72. The average Bonchev–Trinajstić information content (AvgIpc) is 2.81. The van der Waals surface area contributed by atoms with Gasteiger partial charge in [0.2, 0.25) is 5.91 Å². The van der Waals surface area contributed by atoms with Crippen molar-refractivity contribution in [3.63, 3.8) is 0 Å². The third kappa shape index (κ3) is 3.57. The van der Waals surface area contributed by atoms with E-state index in [4.69, 9.17) is 0 Å². The molecule has 88 valence electrons. The van der Waals surface area contributed by atoms with Crippen LogP contribution in [0.5, 0.6) is 0 Å². The van der Waals surface area contributed by atoms with Gasteiger partial charge in [-0.15, -0.1) is 11.3 Å². The Hall–Kier alpha value is -1.88. The maximum Gasteiger partial charge on any atom is 0.245 e. The van der Waals surface area contributed by atoms with Crippen LogP contribution in [0.15, 0.2) is 35.8 Å². The molecule has 4 nitrogen and oxygen atoms in total. The highest BCUT2D eigenvalue weighted by Gasteiger charge is 2.03. The van der Waals surface area contributed by atoms with Crippen molar-refractivity contribution in [2.75, 3.05) is 17.2 Å². The fraction of sp³-hybridized carbons (Fsp3) is 0.167. The molecule has 17 heavy (non-hydrogen) atoms.